The molecule has 2 N–H and O–H groups in total. The van der Waals surface area contributed by atoms with Gasteiger partial charge in [0.25, 0.3) is 0 Å². The summed E-state index contributed by atoms with van der Waals surface area (Å²) < 4.78 is 10.2. The van der Waals surface area contributed by atoms with Gasteiger partial charge in [0.2, 0.25) is 5.91 Å². The second-order valence-corrected chi connectivity index (χ2v) is 4.42. The molecule has 0 bridgehead atoms. The number of amides is 1. The Morgan fingerprint density at radius 1 is 1.35 bits per heavy atom. The third kappa shape index (κ3) is 7.31. The molecule has 1 saturated carbocycles. The molecular weight excluding hydrogens is 220 g/mol. The highest BCUT2D eigenvalue weighted by atomic mass is 16.5. The minimum absolute atomic E-state index is 0.104. The SMILES string of the molecule is COCCOCCCNC(C)C(=O)NC1CC1. The number of rotatable bonds is 10. The van der Waals surface area contributed by atoms with E-state index in [4.69, 9.17) is 9.47 Å². The van der Waals surface area contributed by atoms with Gasteiger partial charge in [-0.1, -0.05) is 0 Å². The number of ether oxygens (including phenoxy) is 2. The van der Waals surface area contributed by atoms with Gasteiger partial charge in [-0.25, -0.2) is 0 Å². The Morgan fingerprint density at radius 2 is 2.12 bits per heavy atom. The lowest BCUT2D eigenvalue weighted by atomic mass is 10.3. The molecule has 0 saturated heterocycles. The molecular formula is C12H24N2O3. The molecule has 0 heterocycles. The quantitative estimate of drug-likeness (QED) is 0.543. The van der Waals surface area contributed by atoms with Crippen LogP contribution in [0.5, 0.6) is 0 Å². The fourth-order valence-corrected chi connectivity index (χ4v) is 1.38. The molecule has 1 unspecified atom stereocenters. The third-order valence-corrected chi connectivity index (χ3v) is 2.66. The van der Waals surface area contributed by atoms with Crippen LogP contribution in [0, 0.1) is 0 Å². The Balaban J connectivity index is 1.88. The van der Waals surface area contributed by atoms with E-state index in [2.05, 4.69) is 10.6 Å². The molecule has 0 radical (unpaired) electrons. The summed E-state index contributed by atoms with van der Waals surface area (Å²) in [5.74, 6) is 0.104. The zero-order chi connectivity index (χ0) is 12.5. The van der Waals surface area contributed by atoms with Crippen molar-refractivity contribution in [2.24, 2.45) is 0 Å². The van der Waals surface area contributed by atoms with Crippen molar-refractivity contribution in [2.45, 2.75) is 38.3 Å². The monoisotopic (exact) mass is 244 g/mol. The smallest absolute Gasteiger partial charge is 0.237 e. The van der Waals surface area contributed by atoms with Crippen LogP contribution in [0.1, 0.15) is 26.2 Å². The minimum Gasteiger partial charge on any atom is -0.382 e. The number of hydrogen-bond acceptors (Lipinski definition) is 4. The Kier molecular flexibility index (Phi) is 7.16. The fourth-order valence-electron chi connectivity index (χ4n) is 1.38. The van der Waals surface area contributed by atoms with Crippen molar-refractivity contribution < 1.29 is 14.3 Å². The summed E-state index contributed by atoms with van der Waals surface area (Å²) in [5, 5.41) is 6.16. The summed E-state index contributed by atoms with van der Waals surface area (Å²) in [6, 6.07) is 0.318. The summed E-state index contributed by atoms with van der Waals surface area (Å²) in [6.07, 6.45) is 3.17. The maximum absolute atomic E-state index is 11.6. The summed E-state index contributed by atoms with van der Waals surface area (Å²) in [6.45, 7) is 4.66. The van der Waals surface area contributed by atoms with E-state index in [-0.39, 0.29) is 11.9 Å². The maximum Gasteiger partial charge on any atom is 0.237 e. The van der Waals surface area contributed by atoms with Crippen molar-refractivity contribution in [3.63, 3.8) is 0 Å². The Bertz CT molecular complexity index is 220. The van der Waals surface area contributed by atoms with E-state index in [1.807, 2.05) is 6.92 Å². The topological polar surface area (TPSA) is 59.6 Å². The number of methoxy groups -OCH3 is 1. The molecule has 1 fully saturated rings. The van der Waals surface area contributed by atoms with Crippen LogP contribution < -0.4 is 10.6 Å². The highest BCUT2D eigenvalue weighted by molar-refractivity contribution is 5.81. The summed E-state index contributed by atoms with van der Waals surface area (Å²) in [7, 11) is 1.66. The molecule has 0 aliphatic heterocycles. The first-order valence-electron chi connectivity index (χ1n) is 6.34. The molecule has 0 aromatic carbocycles. The van der Waals surface area contributed by atoms with Gasteiger partial charge in [0.15, 0.2) is 0 Å². The molecule has 1 rings (SSSR count). The standard InChI is InChI=1S/C12H24N2O3/c1-10(12(15)14-11-4-5-11)13-6-3-7-17-9-8-16-2/h10-11,13H,3-9H2,1-2H3,(H,14,15). The van der Waals surface area contributed by atoms with Gasteiger partial charge in [-0.05, 0) is 32.7 Å². The molecule has 100 valence electrons. The van der Waals surface area contributed by atoms with E-state index >= 15 is 0 Å². The number of carbonyl (C=O) groups excluding carboxylic acids is 1. The molecule has 0 aromatic heterocycles. The molecule has 5 nitrogen and oxygen atoms in total. The normalized spacial score (nSPS) is 16.8. The van der Waals surface area contributed by atoms with Gasteiger partial charge in [-0.2, -0.15) is 0 Å². The second kappa shape index (κ2) is 8.44. The van der Waals surface area contributed by atoms with Crippen LogP contribution in [0.2, 0.25) is 0 Å². The zero-order valence-corrected chi connectivity index (χ0v) is 10.8. The van der Waals surface area contributed by atoms with Gasteiger partial charge in [-0.3, -0.25) is 4.79 Å². The summed E-state index contributed by atoms with van der Waals surface area (Å²) >= 11 is 0. The molecule has 5 heteroatoms. The highest BCUT2D eigenvalue weighted by Gasteiger charge is 2.25. The van der Waals surface area contributed by atoms with E-state index in [1.165, 1.54) is 0 Å². The van der Waals surface area contributed by atoms with Crippen LogP contribution in [-0.2, 0) is 14.3 Å². The van der Waals surface area contributed by atoms with Crippen molar-refractivity contribution in [3.8, 4) is 0 Å². The first kappa shape index (κ1) is 14.4. The van der Waals surface area contributed by atoms with Crippen LogP contribution in [0.25, 0.3) is 0 Å². The summed E-state index contributed by atoms with van der Waals surface area (Å²) in [4.78, 5) is 11.6. The average Bonchev–Trinajstić information content (AvgIpc) is 3.11. The van der Waals surface area contributed by atoms with E-state index in [0.29, 0.717) is 25.9 Å². The Labute approximate surface area is 103 Å². The zero-order valence-electron chi connectivity index (χ0n) is 10.8. The van der Waals surface area contributed by atoms with E-state index in [9.17, 15) is 4.79 Å². The van der Waals surface area contributed by atoms with Crippen molar-refractivity contribution >= 4 is 5.91 Å². The molecule has 1 atom stereocenters. The van der Waals surface area contributed by atoms with E-state index in [0.717, 1.165) is 25.8 Å². The lowest BCUT2D eigenvalue weighted by Gasteiger charge is -2.13. The lowest BCUT2D eigenvalue weighted by molar-refractivity contribution is -0.122. The van der Waals surface area contributed by atoms with Crippen molar-refractivity contribution in [2.75, 3.05) is 33.5 Å². The van der Waals surface area contributed by atoms with Gasteiger partial charge < -0.3 is 20.1 Å². The average molecular weight is 244 g/mol. The van der Waals surface area contributed by atoms with Crippen LogP contribution in [0.15, 0.2) is 0 Å². The van der Waals surface area contributed by atoms with Gasteiger partial charge in [0, 0.05) is 19.8 Å². The number of hydrogen-bond donors (Lipinski definition) is 2. The molecule has 1 aliphatic rings. The van der Waals surface area contributed by atoms with Crippen LogP contribution in [0.4, 0.5) is 0 Å². The Hall–Kier alpha value is -0.650. The summed E-state index contributed by atoms with van der Waals surface area (Å²) in [5.41, 5.74) is 0. The first-order chi connectivity index (χ1) is 8.24. The predicted octanol–water partition coefficient (Wildman–Crippen LogP) is 0.296. The lowest BCUT2D eigenvalue weighted by Crippen LogP contribution is -2.43. The molecule has 1 aliphatic carbocycles. The largest absolute Gasteiger partial charge is 0.382 e. The third-order valence-electron chi connectivity index (χ3n) is 2.66. The highest BCUT2D eigenvalue weighted by Crippen LogP contribution is 2.18. The first-order valence-corrected chi connectivity index (χ1v) is 6.34. The van der Waals surface area contributed by atoms with E-state index < -0.39 is 0 Å². The number of nitrogens with one attached hydrogen (secondary N) is 2. The van der Waals surface area contributed by atoms with Gasteiger partial charge >= 0.3 is 0 Å². The fraction of sp³-hybridized carbons (Fsp3) is 0.917. The van der Waals surface area contributed by atoms with Gasteiger partial charge in [-0.15, -0.1) is 0 Å². The molecule has 1 amide bonds. The number of carbonyl (C=O) groups is 1. The van der Waals surface area contributed by atoms with Crippen molar-refractivity contribution in [3.05, 3.63) is 0 Å². The van der Waals surface area contributed by atoms with Crippen LogP contribution in [0.3, 0.4) is 0 Å². The predicted molar refractivity (Wildman–Crippen MR) is 65.9 cm³/mol. The van der Waals surface area contributed by atoms with E-state index in [1.54, 1.807) is 7.11 Å². The van der Waals surface area contributed by atoms with Crippen molar-refractivity contribution in [1.82, 2.24) is 10.6 Å². The molecule has 0 aromatic rings. The molecule has 0 spiro atoms. The molecule has 17 heavy (non-hydrogen) atoms. The minimum atomic E-state index is -0.116. The van der Waals surface area contributed by atoms with Crippen LogP contribution >= 0.6 is 0 Å². The van der Waals surface area contributed by atoms with Crippen molar-refractivity contribution in [1.29, 1.82) is 0 Å². The van der Waals surface area contributed by atoms with Crippen LogP contribution in [-0.4, -0.2) is 51.5 Å². The second-order valence-electron chi connectivity index (χ2n) is 4.42. The maximum atomic E-state index is 11.6. The van der Waals surface area contributed by atoms with Gasteiger partial charge in [0.05, 0.1) is 19.3 Å². The Morgan fingerprint density at radius 3 is 2.76 bits per heavy atom. The van der Waals surface area contributed by atoms with Gasteiger partial charge in [0.1, 0.15) is 0 Å².